The first-order chi connectivity index (χ1) is 10.4. The van der Waals surface area contributed by atoms with Crippen molar-refractivity contribution in [1.29, 1.82) is 5.41 Å². The SMILES string of the molecule is CCCCC=CN(C(=N)N)C(=O)N(C)c1c(C)cccc1C. The number of aryl methyl sites for hydroxylation is 2. The Morgan fingerprint density at radius 1 is 1.32 bits per heavy atom. The largest absolute Gasteiger partial charge is 0.369 e. The van der Waals surface area contributed by atoms with Gasteiger partial charge in [-0.2, -0.15) is 0 Å². The predicted molar refractivity (Wildman–Crippen MR) is 92.1 cm³/mol. The molecule has 0 aliphatic heterocycles. The Hall–Kier alpha value is -2.30. The fourth-order valence-corrected chi connectivity index (χ4v) is 2.34. The fourth-order valence-electron chi connectivity index (χ4n) is 2.34. The highest BCUT2D eigenvalue weighted by atomic mass is 16.2. The van der Waals surface area contributed by atoms with Gasteiger partial charge >= 0.3 is 6.03 Å². The van der Waals surface area contributed by atoms with E-state index in [1.165, 1.54) is 9.80 Å². The topological polar surface area (TPSA) is 73.4 Å². The molecule has 0 fully saturated rings. The molecule has 0 bridgehead atoms. The molecule has 0 aromatic heterocycles. The number of urea groups is 1. The van der Waals surface area contributed by atoms with Crippen LogP contribution in [0.1, 0.15) is 37.3 Å². The molecule has 22 heavy (non-hydrogen) atoms. The average molecular weight is 302 g/mol. The summed E-state index contributed by atoms with van der Waals surface area (Å²) in [6.07, 6.45) is 6.45. The van der Waals surface area contributed by atoms with E-state index in [2.05, 4.69) is 6.92 Å². The maximum atomic E-state index is 12.6. The highest BCUT2D eigenvalue weighted by Crippen LogP contribution is 2.24. The number of nitrogens with zero attached hydrogens (tertiary/aromatic N) is 2. The highest BCUT2D eigenvalue weighted by Gasteiger charge is 2.21. The van der Waals surface area contributed by atoms with E-state index in [4.69, 9.17) is 11.1 Å². The number of rotatable bonds is 5. The van der Waals surface area contributed by atoms with Crippen molar-refractivity contribution in [2.24, 2.45) is 5.73 Å². The summed E-state index contributed by atoms with van der Waals surface area (Å²) in [5.74, 6) is -0.282. The Labute approximate surface area is 132 Å². The molecule has 5 heteroatoms. The van der Waals surface area contributed by atoms with Crippen LogP contribution >= 0.6 is 0 Å². The van der Waals surface area contributed by atoms with Gasteiger partial charge < -0.3 is 5.73 Å². The number of hydrogen-bond acceptors (Lipinski definition) is 2. The van der Waals surface area contributed by atoms with Crippen molar-refractivity contribution in [3.05, 3.63) is 41.6 Å². The molecule has 0 heterocycles. The number of anilines is 1. The lowest BCUT2D eigenvalue weighted by Crippen LogP contribution is -2.45. The normalized spacial score (nSPS) is 10.7. The Balaban J connectivity index is 2.99. The van der Waals surface area contributed by atoms with Gasteiger partial charge in [-0.25, -0.2) is 9.69 Å². The molecular formula is C17H26N4O. The van der Waals surface area contributed by atoms with Crippen LogP contribution in [0.2, 0.25) is 0 Å². The van der Waals surface area contributed by atoms with Gasteiger partial charge in [0, 0.05) is 13.2 Å². The van der Waals surface area contributed by atoms with Crippen LogP contribution in [-0.4, -0.2) is 23.9 Å². The molecule has 0 aliphatic carbocycles. The third-order valence-corrected chi connectivity index (χ3v) is 3.51. The number of guanidine groups is 1. The van der Waals surface area contributed by atoms with Crippen LogP contribution in [0.3, 0.4) is 0 Å². The number of unbranched alkanes of at least 4 members (excludes halogenated alkanes) is 2. The number of nitrogens with two attached hydrogens (primary N) is 1. The summed E-state index contributed by atoms with van der Waals surface area (Å²) < 4.78 is 0. The second-order valence-corrected chi connectivity index (χ2v) is 5.36. The van der Waals surface area contributed by atoms with Gasteiger partial charge in [0.25, 0.3) is 0 Å². The molecule has 0 spiro atoms. The van der Waals surface area contributed by atoms with Crippen LogP contribution < -0.4 is 10.6 Å². The number of hydrogen-bond donors (Lipinski definition) is 2. The first-order valence-corrected chi connectivity index (χ1v) is 7.54. The summed E-state index contributed by atoms with van der Waals surface area (Å²) in [7, 11) is 1.70. The van der Waals surface area contributed by atoms with Crippen molar-refractivity contribution in [2.75, 3.05) is 11.9 Å². The van der Waals surface area contributed by atoms with Crippen LogP contribution in [0.4, 0.5) is 10.5 Å². The summed E-state index contributed by atoms with van der Waals surface area (Å²) in [6, 6.07) is 5.54. The van der Waals surface area contributed by atoms with E-state index in [-0.39, 0.29) is 12.0 Å². The van der Waals surface area contributed by atoms with Crippen LogP contribution in [0.5, 0.6) is 0 Å². The summed E-state index contributed by atoms with van der Waals surface area (Å²) in [4.78, 5) is 15.3. The van der Waals surface area contributed by atoms with Crippen molar-refractivity contribution in [2.45, 2.75) is 40.0 Å². The van der Waals surface area contributed by atoms with E-state index in [9.17, 15) is 4.79 Å². The van der Waals surface area contributed by atoms with E-state index < -0.39 is 0 Å². The van der Waals surface area contributed by atoms with E-state index >= 15 is 0 Å². The molecule has 0 atom stereocenters. The van der Waals surface area contributed by atoms with Gasteiger partial charge in [0.1, 0.15) is 0 Å². The van der Waals surface area contributed by atoms with Crippen LogP contribution in [0.25, 0.3) is 0 Å². The second-order valence-electron chi connectivity index (χ2n) is 5.36. The van der Waals surface area contributed by atoms with E-state index in [0.717, 1.165) is 36.1 Å². The Morgan fingerprint density at radius 2 is 1.91 bits per heavy atom. The lowest BCUT2D eigenvalue weighted by atomic mass is 10.1. The van der Waals surface area contributed by atoms with Crippen molar-refractivity contribution in [3.8, 4) is 0 Å². The number of allylic oxidation sites excluding steroid dienone is 1. The van der Waals surface area contributed by atoms with Crippen molar-refractivity contribution in [3.63, 3.8) is 0 Å². The molecule has 0 unspecified atom stereocenters. The maximum Gasteiger partial charge on any atom is 0.335 e. The van der Waals surface area contributed by atoms with Gasteiger partial charge in [0.05, 0.1) is 5.69 Å². The smallest absolute Gasteiger partial charge is 0.335 e. The molecule has 0 aliphatic rings. The molecule has 1 aromatic rings. The lowest BCUT2D eigenvalue weighted by molar-refractivity contribution is 0.236. The molecule has 3 N–H and O–H groups in total. The number of carbonyl (C=O) groups is 1. The van der Waals surface area contributed by atoms with Gasteiger partial charge in [-0.3, -0.25) is 10.3 Å². The summed E-state index contributed by atoms with van der Waals surface area (Å²) in [5.41, 5.74) is 8.42. The molecule has 0 radical (unpaired) electrons. The molecule has 5 nitrogen and oxygen atoms in total. The summed E-state index contributed by atoms with van der Waals surface area (Å²) in [6.45, 7) is 6.03. The number of carbonyl (C=O) groups excluding carboxylic acids is 1. The van der Waals surface area contributed by atoms with Crippen molar-refractivity contribution >= 4 is 17.7 Å². The molecule has 0 saturated heterocycles. The molecule has 120 valence electrons. The monoisotopic (exact) mass is 302 g/mol. The first-order valence-electron chi connectivity index (χ1n) is 7.54. The number of para-hydroxylation sites is 1. The number of benzene rings is 1. The van der Waals surface area contributed by atoms with Gasteiger partial charge in [0.2, 0.25) is 5.96 Å². The van der Waals surface area contributed by atoms with Crippen LogP contribution in [0, 0.1) is 19.3 Å². The lowest BCUT2D eigenvalue weighted by Gasteiger charge is -2.26. The van der Waals surface area contributed by atoms with Crippen LogP contribution in [-0.2, 0) is 0 Å². The molecule has 0 saturated carbocycles. The molecular weight excluding hydrogens is 276 g/mol. The average Bonchev–Trinajstić information content (AvgIpc) is 2.46. The van der Waals surface area contributed by atoms with Gasteiger partial charge in [-0.15, -0.1) is 0 Å². The first kappa shape index (κ1) is 17.8. The quantitative estimate of drug-likeness (QED) is 0.494. The van der Waals surface area contributed by atoms with Gasteiger partial charge in [0.15, 0.2) is 0 Å². The van der Waals surface area contributed by atoms with E-state index in [1.807, 2.05) is 38.1 Å². The minimum atomic E-state index is -0.336. The minimum absolute atomic E-state index is 0.282. The Bertz CT molecular complexity index is 546. The van der Waals surface area contributed by atoms with Gasteiger partial charge in [-0.05, 0) is 31.4 Å². The van der Waals surface area contributed by atoms with E-state index in [0.29, 0.717) is 0 Å². The maximum absolute atomic E-state index is 12.6. The third-order valence-electron chi connectivity index (χ3n) is 3.51. The van der Waals surface area contributed by atoms with Crippen LogP contribution in [0.15, 0.2) is 30.5 Å². The van der Waals surface area contributed by atoms with Crippen molar-refractivity contribution in [1.82, 2.24) is 4.90 Å². The highest BCUT2D eigenvalue weighted by molar-refractivity contribution is 6.03. The second kappa shape index (κ2) is 8.22. The predicted octanol–water partition coefficient (Wildman–Crippen LogP) is 3.76. The molecule has 2 amide bonds. The molecule has 1 rings (SSSR count). The summed E-state index contributed by atoms with van der Waals surface area (Å²) >= 11 is 0. The van der Waals surface area contributed by atoms with Gasteiger partial charge in [-0.1, -0.05) is 44.0 Å². The van der Waals surface area contributed by atoms with E-state index in [1.54, 1.807) is 13.2 Å². The Kier molecular flexibility index (Phi) is 6.63. The number of amides is 2. The van der Waals surface area contributed by atoms with Crippen molar-refractivity contribution < 1.29 is 4.79 Å². The standard InChI is InChI=1S/C17H26N4O/c1-5-6-7-8-12-21(16(18)19)17(22)20(4)15-13(2)10-9-11-14(15)3/h8-12H,5-7H2,1-4H3,(H3,18,19). The zero-order valence-electron chi connectivity index (χ0n) is 13.9. The Morgan fingerprint density at radius 3 is 2.41 bits per heavy atom. The summed E-state index contributed by atoms with van der Waals surface area (Å²) in [5, 5.41) is 7.63. The zero-order chi connectivity index (χ0) is 16.7. The fraction of sp³-hybridized carbons (Fsp3) is 0.412. The number of nitrogens with one attached hydrogen (secondary N) is 1. The molecule has 1 aromatic carbocycles. The minimum Gasteiger partial charge on any atom is -0.369 e. The zero-order valence-corrected chi connectivity index (χ0v) is 13.9. The third kappa shape index (κ3) is 4.35.